The van der Waals surface area contributed by atoms with Gasteiger partial charge in [0.05, 0.1) is 12.8 Å². The average molecular weight is 319 g/mol. The van der Waals surface area contributed by atoms with Crippen LogP contribution in [-0.2, 0) is 9.59 Å². The summed E-state index contributed by atoms with van der Waals surface area (Å²) in [5.41, 5.74) is 1.04. The molecule has 0 radical (unpaired) electrons. The van der Waals surface area contributed by atoms with Crippen LogP contribution in [0.3, 0.4) is 0 Å². The van der Waals surface area contributed by atoms with Crippen LogP contribution >= 0.6 is 0 Å². The number of hydrogen-bond donors (Lipinski definition) is 1. The van der Waals surface area contributed by atoms with E-state index in [-0.39, 0.29) is 24.3 Å². The molecule has 0 bridgehead atoms. The first-order valence-corrected chi connectivity index (χ1v) is 7.96. The molecule has 0 unspecified atom stereocenters. The molecule has 0 saturated carbocycles. The van der Waals surface area contributed by atoms with E-state index in [2.05, 4.69) is 10.2 Å². The highest BCUT2D eigenvalue weighted by molar-refractivity contribution is 5.97. The lowest BCUT2D eigenvalue weighted by Crippen LogP contribution is -2.49. The number of nitrogens with one attached hydrogen (secondary N) is 1. The molecule has 1 aliphatic rings. The molecule has 1 N–H and O–H groups in total. The molecule has 0 spiro atoms. The summed E-state index contributed by atoms with van der Waals surface area (Å²) in [5.74, 6) is 0.517. The van der Waals surface area contributed by atoms with Crippen molar-refractivity contribution in [2.45, 2.75) is 26.3 Å². The molecule has 1 fully saturated rings. The lowest BCUT2D eigenvalue weighted by molar-refractivity contribution is -0.136. The van der Waals surface area contributed by atoms with Crippen molar-refractivity contribution in [2.75, 3.05) is 38.2 Å². The second kappa shape index (κ2) is 7.85. The van der Waals surface area contributed by atoms with Crippen LogP contribution in [0.5, 0.6) is 5.75 Å². The van der Waals surface area contributed by atoms with Gasteiger partial charge in [-0.2, -0.15) is 0 Å². The largest absolute Gasteiger partial charge is 0.495 e. The van der Waals surface area contributed by atoms with E-state index in [4.69, 9.17) is 4.74 Å². The van der Waals surface area contributed by atoms with Crippen molar-refractivity contribution < 1.29 is 14.3 Å². The third-order valence-corrected chi connectivity index (χ3v) is 3.82. The lowest BCUT2D eigenvalue weighted by atomic mass is 10.2. The molecule has 1 aliphatic heterocycles. The number of nitrogens with zero attached hydrogens (tertiary/aromatic N) is 2. The zero-order valence-electron chi connectivity index (χ0n) is 14.0. The van der Waals surface area contributed by atoms with E-state index in [1.807, 2.05) is 38.1 Å². The van der Waals surface area contributed by atoms with Crippen molar-refractivity contribution in [3.05, 3.63) is 24.3 Å². The maximum Gasteiger partial charge on any atom is 0.232 e. The Labute approximate surface area is 137 Å². The summed E-state index contributed by atoms with van der Waals surface area (Å²) >= 11 is 0. The summed E-state index contributed by atoms with van der Waals surface area (Å²) < 4.78 is 5.39. The number of amides is 2. The Balaban J connectivity index is 1.88. The summed E-state index contributed by atoms with van der Waals surface area (Å²) in [5, 5.41) is 2.75. The molecule has 126 valence electrons. The monoisotopic (exact) mass is 319 g/mol. The van der Waals surface area contributed by atoms with E-state index >= 15 is 0 Å². The highest BCUT2D eigenvalue weighted by atomic mass is 16.5. The van der Waals surface area contributed by atoms with Gasteiger partial charge in [0.2, 0.25) is 11.8 Å². The molecule has 1 saturated heterocycles. The molecule has 2 amide bonds. The van der Waals surface area contributed by atoms with Crippen molar-refractivity contribution in [1.29, 1.82) is 0 Å². The van der Waals surface area contributed by atoms with Crippen molar-refractivity contribution in [1.82, 2.24) is 10.2 Å². The first-order valence-electron chi connectivity index (χ1n) is 7.96. The summed E-state index contributed by atoms with van der Waals surface area (Å²) in [6, 6.07) is 7.93. The van der Waals surface area contributed by atoms with E-state index in [0.717, 1.165) is 24.5 Å². The normalized spacial score (nSPS) is 14.8. The average Bonchev–Trinajstić information content (AvgIpc) is 2.54. The summed E-state index contributed by atoms with van der Waals surface area (Å²) in [6.45, 7) is 6.47. The van der Waals surface area contributed by atoms with Crippen LogP contribution in [0.1, 0.15) is 20.3 Å². The first kappa shape index (κ1) is 17.1. The molecule has 1 heterocycles. The van der Waals surface area contributed by atoms with Gasteiger partial charge in [0.15, 0.2) is 0 Å². The van der Waals surface area contributed by atoms with Gasteiger partial charge in [0.25, 0.3) is 0 Å². The Morgan fingerprint density at radius 3 is 2.43 bits per heavy atom. The molecule has 6 heteroatoms. The van der Waals surface area contributed by atoms with Crippen LogP contribution in [-0.4, -0.2) is 56.0 Å². The Hall–Kier alpha value is -2.24. The summed E-state index contributed by atoms with van der Waals surface area (Å²) in [4.78, 5) is 27.8. The van der Waals surface area contributed by atoms with Crippen LogP contribution in [0.4, 0.5) is 5.69 Å². The van der Waals surface area contributed by atoms with Crippen LogP contribution in [0.15, 0.2) is 24.3 Å². The molecule has 0 aromatic heterocycles. The topological polar surface area (TPSA) is 61.9 Å². The second-order valence-electron chi connectivity index (χ2n) is 5.94. The van der Waals surface area contributed by atoms with E-state index < -0.39 is 0 Å². The van der Waals surface area contributed by atoms with Gasteiger partial charge in [0, 0.05) is 32.2 Å². The number of benzene rings is 1. The minimum atomic E-state index is -0.211. The number of hydrogen-bond acceptors (Lipinski definition) is 4. The van der Waals surface area contributed by atoms with Gasteiger partial charge in [-0.15, -0.1) is 0 Å². The number of methoxy groups -OCH3 is 1. The van der Waals surface area contributed by atoms with Crippen molar-refractivity contribution in [3.8, 4) is 5.75 Å². The molecule has 2 rings (SSSR count). The predicted molar refractivity (Wildman–Crippen MR) is 89.7 cm³/mol. The molecule has 1 aromatic rings. The van der Waals surface area contributed by atoms with Crippen molar-refractivity contribution >= 4 is 17.5 Å². The van der Waals surface area contributed by atoms with Crippen molar-refractivity contribution in [2.24, 2.45) is 0 Å². The Morgan fingerprint density at radius 1 is 1.17 bits per heavy atom. The van der Waals surface area contributed by atoms with Gasteiger partial charge < -0.3 is 19.9 Å². The van der Waals surface area contributed by atoms with Gasteiger partial charge >= 0.3 is 0 Å². The van der Waals surface area contributed by atoms with Gasteiger partial charge in [-0.1, -0.05) is 12.1 Å². The Bertz CT molecular complexity index is 552. The number of anilines is 1. The molecule has 6 nitrogen and oxygen atoms in total. The second-order valence-corrected chi connectivity index (χ2v) is 5.94. The van der Waals surface area contributed by atoms with Crippen LogP contribution < -0.4 is 15.0 Å². The maximum absolute atomic E-state index is 12.2. The number of ether oxygens (including phenoxy) is 1. The molecular weight excluding hydrogens is 294 g/mol. The number of para-hydroxylation sites is 2. The predicted octanol–water partition coefficient (Wildman–Crippen LogP) is 1.26. The summed E-state index contributed by atoms with van der Waals surface area (Å²) in [7, 11) is 1.66. The van der Waals surface area contributed by atoms with Gasteiger partial charge in [-0.3, -0.25) is 9.59 Å². The zero-order chi connectivity index (χ0) is 16.8. The fraction of sp³-hybridized carbons (Fsp3) is 0.529. The van der Waals surface area contributed by atoms with Crippen LogP contribution in [0.25, 0.3) is 0 Å². The van der Waals surface area contributed by atoms with E-state index in [0.29, 0.717) is 13.1 Å². The van der Waals surface area contributed by atoms with Crippen LogP contribution in [0, 0.1) is 0 Å². The Kier molecular flexibility index (Phi) is 5.84. The molecular formula is C17H25N3O3. The standard InChI is InChI=1S/C17H25N3O3/c1-13(2)18-16(21)12-17(22)20-10-8-19(9-11-20)14-6-4-5-7-15(14)23-3/h4-7,13H,8-12H2,1-3H3,(H,18,21). The van der Waals surface area contributed by atoms with Gasteiger partial charge in [-0.25, -0.2) is 0 Å². The maximum atomic E-state index is 12.2. The molecule has 1 aromatic carbocycles. The fourth-order valence-electron chi connectivity index (χ4n) is 2.71. The van der Waals surface area contributed by atoms with E-state index in [1.54, 1.807) is 12.0 Å². The van der Waals surface area contributed by atoms with Gasteiger partial charge in [0.1, 0.15) is 12.2 Å². The molecule has 0 aliphatic carbocycles. The van der Waals surface area contributed by atoms with Crippen LogP contribution in [0.2, 0.25) is 0 Å². The van der Waals surface area contributed by atoms with Gasteiger partial charge in [-0.05, 0) is 26.0 Å². The van der Waals surface area contributed by atoms with E-state index in [9.17, 15) is 9.59 Å². The Morgan fingerprint density at radius 2 is 1.83 bits per heavy atom. The highest BCUT2D eigenvalue weighted by Gasteiger charge is 2.24. The smallest absolute Gasteiger partial charge is 0.232 e. The number of rotatable bonds is 5. The first-order chi connectivity index (χ1) is 11.0. The fourth-order valence-corrected chi connectivity index (χ4v) is 2.71. The third kappa shape index (κ3) is 4.61. The minimum Gasteiger partial charge on any atom is -0.495 e. The number of piperazine rings is 1. The highest BCUT2D eigenvalue weighted by Crippen LogP contribution is 2.28. The minimum absolute atomic E-state index is 0.0534. The molecule has 0 atom stereocenters. The zero-order valence-corrected chi connectivity index (χ0v) is 14.0. The van der Waals surface area contributed by atoms with E-state index in [1.165, 1.54) is 0 Å². The quantitative estimate of drug-likeness (QED) is 0.830. The lowest BCUT2D eigenvalue weighted by Gasteiger charge is -2.36. The third-order valence-electron chi connectivity index (χ3n) is 3.82. The number of carbonyl (C=O) groups excluding carboxylic acids is 2. The number of carbonyl (C=O) groups is 2. The SMILES string of the molecule is COc1ccccc1N1CCN(C(=O)CC(=O)NC(C)C)CC1. The molecule has 23 heavy (non-hydrogen) atoms. The summed E-state index contributed by atoms with van der Waals surface area (Å²) in [6.07, 6.45) is -0.0765. The van der Waals surface area contributed by atoms with Crippen molar-refractivity contribution in [3.63, 3.8) is 0 Å².